The van der Waals surface area contributed by atoms with E-state index in [2.05, 4.69) is 10.4 Å². The fraction of sp³-hybridized carbons (Fsp3) is 0.273. The van der Waals surface area contributed by atoms with E-state index < -0.39 is 10.0 Å². The maximum Gasteiger partial charge on any atom is 0.257 e. The summed E-state index contributed by atoms with van der Waals surface area (Å²) in [5, 5.41) is 16.5. The Morgan fingerprint density at radius 2 is 2.03 bits per heavy atom. The van der Waals surface area contributed by atoms with Crippen molar-refractivity contribution in [3.05, 3.63) is 75.9 Å². The Labute approximate surface area is 190 Å². The van der Waals surface area contributed by atoms with Crippen molar-refractivity contribution in [3.8, 4) is 0 Å². The number of nitrogens with one attached hydrogen (secondary N) is 1. The van der Waals surface area contributed by atoms with Crippen molar-refractivity contribution < 1.29 is 17.6 Å². The molecule has 3 aromatic rings. The number of hydrogen-bond donors (Lipinski definition) is 2. The lowest BCUT2D eigenvalue weighted by Gasteiger charge is -2.22. The monoisotopic (exact) mass is 472 g/mol. The maximum atomic E-state index is 13.1. The minimum atomic E-state index is -3.74. The van der Waals surface area contributed by atoms with Gasteiger partial charge in [0, 0.05) is 17.3 Å². The molecule has 0 bridgehead atoms. The number of hydrogen-bond acceptors (Lipinski definition) is 7. The van der Waals surface area contributed by atoms with Crippen molar-refractivity contribution in [1.29, 1.82) is 0 Å². The van der Waals surface area contributed by atoms with Gasteiger partial charge >= 0.3 is 0 Å². The van der Waals surface area contributed by atoms with Crippen molar-refractivity contribution in [2.24, 2.45) is 10.2 Å². The summed E-state index contributed by atoms with van der Waals surface area (Å²) < 4.78 is 28.6. The molecular weight excluding hydrogens is 448 g/mol. The third-order valence-corrected chi connectivity index (χ3v) is 7.23. The fourth-order valence-corrected chi connectivity index (χ4v) is 4.89. The van der Waals surface area contributed by atoms with Crippen LogP contribution in [-0.2, 0) is 14.8 Å². The second kappa shape index (κ2) is 8.99. The van der Waals surface area contributed by atoms with E-state index in [9.17, 15) is 13.2 Å². The van der Waals surface area contributed by atoms with Gasteiger partial charge in [-0.05, 0) is 55.1 Å². The van der Waals surface area contributed by atoms with Gasteiger partial charge in [-0.1, -0.05) is 18.2 Å². The van der Waals surface area contributed by atoms with Crippen LogP contribution in [-0.4, -0.2) is 31.6 Å². The van der Waals surface area contributed by atoms with Gasteiger partial charge in [0.1, 0.15) is 17.2 Å². The molecule has 1 aliphatic heterocycles. The summed E-state index contributed by atoms with van der Waals surface area (Å²) in [5.41, 5.74) is 1.59. The normalized spacial score (nSPS) is 17.4. The molecule has 10 heteroatoms. The Hall–Kier alpha value is -2.79. The van der Waals surface area contributed by atoms with Crippen molar-refractivity contribution in [3.63, 3.8) is 0 Å². The van der Waals surface area contributed by atoms with Gasteiger partial charge < -0.3 is 9.73 Å². The predicted octanol–water partition coefficient (Wildman–Crippen LogP) is 3.33. The lowest BCUT2D eigenvalue weighted by Crippen LogP contribution is -2.36. The van der Waals surface area contributed by atoms with Gasteiger partial charge in [-0.3, -0.25) is 4.79 Å². The standard InChI is InChI=1S/C22H24N4O4S2/c1-14-5-10-20(30-14)18-12-19(21-4-3-11-31-21)26(25-18)22(27)13-24-15(2)16-6-8-17(9-7-16)32(23,28)29/h3-11,15,19,24H,12-13H2,1-2H3,(H2,23,28,29)/t15-,19+/m0/s1. The number of nitrogens with two attached hydrogens (primary N) is 1. The molecule has 3 N–H and O–H groups in total. The van der Waals surface area contributed by atoms with Crippen LogP contribution >= 0.6 is 11.3 Å². The average Bonchev–Trinajstić information content (AvgIpc) is 3.51. The molecule has 32 heavy (non-hydrogen) atoms. The topological polar surface area (TPSA) is 118 Å². The highest BCUT2D eigenvalue weighted by Gasteiger charge is 2.34. The molecule has 1 aromatic carbocycles. The second-order valence-corrected chi connectivity index (χ2v) is 10.2. The summed E-state index contributed by atoms with van der Waals surface area (Å²) in [7, 11) is -3.74. The number of nitrogens with zero attached hydrogens (tertiary/aromatic N) is 2. The summed E-state index contributed by atoms with van der Waals surface area (Å²) in [4.78, 5) is 14.2. The van der Waals surface area contributed by atoms with E-state index in [1.807, 2.05) is 43.5 Å². The summed E-state index contributed by atoms with van der Waals surface area (Å²) in [6, 6.07) is 13.7. The first kappa shape index (κ1) is 22.4. The molecule has 0 spiro atoms. The van der Waals surface area contributed by atoms with E-state index in [1.54, 1.807) is 23.5 Å². The number of rotatable bonds is 7. The smallest absolute Gasteiger partial charge is 0.257 e. The summed E-state index contributed by atoms with van der Waals surface area (Å²) in [6.45, 7) is 3.85. The number of furan rings is 1. The number of aryl methyl sites for hydroxylation is 1. The van der Waals surface area contributed by atoms with Crippen LogP contribution in [0.3, 0.4) is 0 Å². The second-order valence-electron chi connectivity index (χ2n) is 7.65. The number of primary sulfonamides is 1. The summed E-state index contributed by atoms with van der Waals surface area (Å²) >= 11 is 1.59. The lowest BCUT2D eigenvalue weighted by molar-refractivity contribution is -0.132. The minimum Gasteiger partial charge on any atom is -0.460 e. The Morgan fingerprint density at radius 3 is 2.62 bits per heavy atom. The van der Waals surface area contributed by atoms with Crippen molar-refractivity contribution >= 4 is 33.0 Å². The Bertz CT molecular complexity index is 1230. The van der Waals surface area contributed by atoms with Gasteiger partial charge in [0.2, 0.25) is 10.0 Å². The molecule has 0 saturated carbocycles. The highest BCUT2D eigenvalue weighted by Crippen LogP contribution is 2.35. The molecule has 0 fully saturated rings. The van der Waals surface area contributed by atoms with Crippen LogP contribution in [0.1, 0.15) is 47.4 Å². The first-order valence-electron chi connectivity index (χ1n) is 10.1. The number of hydrazone groups is 1. The third kappa shape index (κ3) is 4.83. The van der Waals surface area contributed by atoms with Crippen LogP contribution in [0.5, 0.6) is 0 Å². The van der Waals surface area contributed by atoms with Crippen LogP contribution in [0, 0.1) is 6.92 Å². The molecule has 4 rings (SSSR count). The van der Waals surface area contributed by atoms with E-state index >= 15 is 0 Å². The molecule has 0 aliphatic carbocycles. The van der Waals surface area contributed by atoms with Crippen LogP contribution in [0.4, 0.5) is 0 Å². The molecule has 8 nitrogen and oxygen atoms in total. The molecule has 1 amide bonds. The average molecular weight is 473 g/mol. The first-order valence-corrected chi connectivity index (χ1v) is 12.5. The van der Waals surface area contributed by atoms with Gasteiger partial charge in [-0.25, -0.2) is 18.6 Å². The van der Waals surface area contributed by atoms with Crippen molar-refractivity contribution in [1.82, 2.24) is 10.3 Å². The van der Waals surface area contributed by atoms with E-state index in [4.69, 9.17) is 9.56 Å². The minimum absolute atomic E-state index is 0.0513. The number of thiophene rings is 1. The van der Waals surface area contributed by atoms with E-state index in [0.29, 0.717) is 12.2 Å². The van der Waals surface area contributed by atoms with Gasteiger partial charge in [-0.15, -0.1) is 11.3 Å². The molecule has 0 radical (unpaired) electrons. The number of carbonyl (C=O) groups is 1. The molecular formula is C22H24N4O4S2. The number of carbonyl (C=O) groups excluding carboxylic acids is 1. The third-order valence-electron chi connectivity index (χ3n) is 5.33. The Morgan fingerprint density at radius 1 is 1.28 bits per heavy atom. The molecule has 2 aromatic heterocycles. The maximum absolute atomic E-state index is 13.1. The van der Waals surface area contributed by atoms with Crippen molar-refractivity contribution in [2.75, 3.05) is 6.54 Å². The Balaban J connectivity index is 1.47. The van der Waals surface area contributed by atoms with E-state index in [-0.39, 0.29) is 29.4 Å². The number of benzene rings is 1. The Kier molecular flexibility index (Phi) is 6.29. The van der Waals surface area contributed by atoms with Crippen molar-refractivity contribution in [2.45, 2.75) is 37.2 Å². The predicted molar refractivity (Wildman–Crippen MR) is 123 cm³/mol. The largest absolute Gasteiger partial charge is 0.460 e. The van der Waals surface area contributed by atoms with Gasteiger partial charge in [-0.2, -0.15) is 5.10 Å². The number of sulfonamides is 1. The van der Waals surface area contributed by atoms with Crippen LogP contribution in [0.25, 0.3) is 0 Å². The molecule has 2 atom stereocenters. The van der Waals surface area contributed by atoms with Gasteiger partial charge in [0.15, 0.2) is 0 Å². The molecule has 168 valence electrons. The lowest BCUT2D eigenvalue weighted by atomic mass is 10.1. The van der Waals surface area contributed by atoms with Crippen LogP contribution < -0.4 is 10.5 Å². The molecule has 0 saturated heterocycles. The van der Waals surface area contributed by atoms with Crippen LogP contribution in [0.15, 0.2) is 68.3 Å². The van der Waals surface area contributed by atoms with E-state index in [0.717, 1.165) is 21.9 Å². The number of amides is 1. The van der Waals surface area contributed by atoms with Gasteiger partial charge in [0.05, 0.1) is 17.5 Å². The zero-order valence-corrected chi connectivity index (χ0v) is 19.3. The van der Waals surface area contributed by atoms with Gasteiger partial charge in [0.25, 0.3) is 5.91 Å². The fourth-order valence-electron chi connectivity index (χ4n) is 3.57. The molecule has 0 unspecified atom stereocenters. The zero-order valence-electron chi connectivity index (χ0n) is 17.7. The quantitative estimate of drug-likeness (QED) is 0.547. The summed E-state index contributed by atoms with van der Waals surface area (Å²) in [5.74, 6) is 1.31. The SMILES string of the molecule is Cc1ccc(C2=NN(C(=O)CN[C@@H](C)c3ccc(S(N)(=O)=O)cc3)[C@@H](c3cccs3)C2)o1. The van der Waals surface area contributed by atoms with E-state index in [1.165, 1.54) is 17.1 Å². The summed E-state index contributed by atoms with van der Waals surface area (Å²) in [6.07, 6.45) is 0.587. The molecule has 1 aliphatic rings. The highest BCUT2D eigenvalue weighted by molar-refractivity contribution is 7.89. The van der Waals surface area contributed by atoms with Crippen LogP contribution in [0.2, 0.25) is 0 Å². The zero-order chi connectivity index (χ0) is 22.9. The first-order chi connectivity index (χ1) is 15.2. The highest BCUT2D eigenvalue weighted by atomic mass is 32.2. The molecule has 3 heterocycles.